The number of fused-ring (bicyclic) bond motifs is 1. The number of hydrogen-bond acceptors (Lipinski definition) is 11. The van der Waals surface area contributed by atoms with Gasteiger partial charge in [-0.3, -0.25) is 14.6 Å². The fourth-order valence-electron chi connectivity index (χ4n) is 4.06. The summed E-state index contributed by atoms with van der Waals surface area (Å²) < 4.78 is 21.6. The molecule has 0 aliphatic carbocycles. The normalized spacial score (nSPS) is 18.8. The first-order chi connectivity index (χ1) is 17.4. The molecule has 0 spiro atoms. The zero-order chi connectivity index (χ0) is 25.4. The molecule has 1 saturated heterocycles. The lowest BCUT2D eigenvalue weighted by Gasteiger charge is -2.20. The third-order valence-corrected chi connectivity index (χ3v) is 5.70. The SMILES string of the molecule is COc1cc(OC)cc(N2C(=O)[C@@H]3[C@@H](N=NN3Cc3nc(-c4ccc(OC(C)C)cc4)no3)C2=O)c1. The second-order valence-corrected chi connectivity index (χ2v) is 8.48. The highest BCUT2D eigenvalue weighted by Crippen LogP contribution is 2.36. The maximum Gasteiger partial charge on any atom is 0.263 e. The molecule has 2 atom stereocenters. The van der Waals surface area contributed by atoms with E-state index in [1.807, 2.05) is 38.1 Å². The molecule has 1 aromatic heterocycles. The van der Waals surface area contributed by atoms with Crippen LogP contribution in [-0.4, -0.2) is 59.4 Å². The van der Waals surface area contributed by atoms with Crippen LogP contribution >= 0.6 is 0 Å². The summed E-state index contributed by atoms with van der Waals surface area (Å²) in [4.78, 5) is 31.9. The first-order valence-corrected chi connectivity index (χ1v) is 11.3. The minimum absolute atomic E-state index is 0.0144. The Morgan fingerprint density at radius 2 is 1.67 bits per heavy atom. The number of anilines is 1. The lowest BCUT2D eigenvalue weighted by atomic mass is 10.1. The number of hydrogen-bond donors (Lipinski definition) is 0. The molecular formula is C24H24N6O6. The molecule has 0 bridgehead atoms. The number of carbonyl (C=O) groups is 2. The molecule has 3 aromatic rings. The van der Waals surface area contributed by atoms with Gasteiger partial charge in [-0.1, -0.05) is 10.4 Å². The molecule has 2 aliphatic heterocycles. The smallest absolute Gasteiger partial charge is 0.263 e. The predicted octanol–water partition coefficient (Wildman–Crippen LogP) is 3.03. The highest BCUT2D eigenvalue weighted by atomic mass is 16.5. The van der Waals surface area contributed by atoms with Crippen molar-refractivity contribution in [3.8, 4) is 28.6 Å². The summed E-state index contributed by atoms with van der Waals surface area (Å²) in [6.07, 6.45) is 0.0677. The van der Waals surface area contributed by atoms with Gasteiger partial charge in [0.25, 0.3) is 11.8 Å². The molecule has 0 radical (unpaired) electrons. The van der Waals surface area contributed by atoms with E-state index in [1.165, 1.54) is 19.2 Å². The van der Waals surface area contributed by atoms with Crippen LogP contribution in [0, 0.1) is 0 Å². The number of methoxy groups -OCH3 is 2. The van der Waals surface area contributed by atoms with Gasteiger partial charge in [-0.2, -0.15) is 10.1 Å². The Morgan fingerprint density at radius 3 is 2.31 bits per heavy atom. The van der Waals surface area contributed by atoms with Gasteiger partial charge in [0, 0.05) is 23.8 Å². The highest BCUT2D eigenvalue weighted by molar-refractivity contribution is 6.25. The molecule has 12 heteroatoms. The first kappa shape index (κ1) is 23.3. The molecule has 2 aliphatic rings. The average Bonchev–Trinajstić information content (AvgIpc) is 3.57. The van der Waals surface area contributed by atoms with E-state index in [4.69, 9.17) is 18.7 Å². The van der Waals surface area contributed by atoms with Crippen LogP contribution in [0.3, 0.4) is 0 Å². The molecule has 12 nitrogen and oxygen atoms in total. The Labute approximate surface area is 206 Å². The van der Waals surface area contributed by atoms with Crippen molar-refractivity contribution in [3.05, 3.63) is 48.4 Å². The fourth-order valence-corrected chi connectivity index (χ4v) is 4.06. The van der Waals surface area contributed by atoms with E-state index >= 15 is 0 Å². The van der Waals surface area contributed by atoms with E-state index in [9.17, 15) is 9.59 Å². The molecule has 2 aromatic carbocycles. The monoisotopic (exact) mass is 492 g/mol. The number of rotatable bonds is 8. The lowest BCUT2D eigenvalue weighted by Crippen LogP contribution is -2.39. The van der Waals surface area contributed by atoms with Crippen LogP contribution in [0.25, 0.3) is 11.4 Å². The Kier molecular flexibility index (Phi) is 6.00. The van der Waals surface area contributed by atoms with Crippen molar-refractivity contribution in [2.45, 2.75) is 38.6 Å². The molecular weight excluding hydrogens is 468 g/mol. The van der Waals surface area contributed by atoms with Gasteiger partial charge in [-0.15, -0.1) is 0 Å². The highest BCUT2D eigenvalue weighted by Gasteiger charge is 2.55. The summed E-state index contributed by atoms with van der Waals surface area (Å²) in [7, 11) is 2.98. The number of ether oxygens (including phenoxy) is 3. The van der Waals surface area contributed by atoms with Crippen molar-refractivity contribution in [1.29, 1.82) is 0 Å². The molecule has 0 unspecified atom stereocenters. The fraction of sp³-hybridized carbons (Fsp3) is 0.333. The topological polar surface area (TPSA) is 132 Å². The van der Waals surface area contributed by atoms with Crippen molar-refractivity contribution in [3.63, 3.8) is 0 Å². The quantitative estimate of drug-likeness (QED) is 0.435. The number of amides is 2. The van der Waals surface area contributed by atoms with Crippen molar-refractivity contribution >= 4 is 17.5 Å². The summed E-state index contributed by atoms with van der Waals surface area (Å²) in [5, 5.41) is 13.5. The second kappa shape index (κ2) is 9.29. The minimum Gasteiger partial charge on any atom is -0.497 e. The summed E-state index contributed by atoms with van der Waals surface area (Å²) in [5.41, 5.74) is 1.07. The third-order valence-electron chi connectivity index (χ3n) is 5.70. The van der Waals surface area contributed by atoms with Crippen molar-refractivity contribution in [2.24, 2.45) is 10.3 Å². The number of imide groups is 1. The van der Waals surface area contributed by atoms with Gasteiger partial charge in [0.15, 0.2) is 12.1 Å². The van der Waals surface area contributed by atoms with Gasteiger partial charge in [0.2, 0.25) is 11.7 Å². The van der Waals surface area contributed by atoms with Gasteiger partial charge in [-0.25, -0.2) is 4.90 Å². The van der Waals surface area contributed by atoms with E-state index in [0.29, 0.717) is 23.0 Å². The van der Waals surface area contributed by atoms with E-state index in [2.05, 4.69) is 20.5 Å². The lowest BCUT2D eigenvalue weighted by molar-refractivity contribution is -0.123. The third kappa shape index (κ3) is 4.21. The first-order valence-electron chi connectivity index (χ1n) is 11.3. The van der Waals surface area contributed by atoms with Gasteiger partial charge in [-0.05, 0) is 38.1 Å². The minimum atomic E-state index is -0.967. The largest absolute Gasteiger partial charge is 0.497 e. The van der Waals surface area contributed by atoms with Gasteiger partial charge < -0.3 is 18.7 Å². The molecule has 2 amide bonds. The van der Waals surface area contributed by atoms with Crippen LogP contribution in [0.4, 0.5) is 5.69 Å². The van der Waals surface area contributed by atoms with Gasteiger partial charge in [0.1, 0.15) is 23.8 Å². The molecule has 0 N–H and O–H groups in total. The van der Waals surface area contributed by atoms with E-state index in [0.717, 1.165) is 16.2 Å². The van der Waals surface area contributed by atoms with Crippen LogP contribution in [-0.2, 0) is 16.1 Å². The summed E-state index contributed by atoms with van der Waals surface area (Å²) >= 11 is 0. The van der Waals surface area contributed by atoms with E-state index < -0.39 is 23.9 Å². The molecule has 0 saturated carbocycles. The van der Waals surface area contributed by atoms with Gasteiger partial charge >= 0.3 is 0 Å². The number of nitrogens with zero attached hydrogens (tertiary/aromatic N) is 6. The van der Waals surface area contributed by atoms with Crippen molar-refractivity contribution in [2.75, 3.05) is 19.1 Å². The van der Waals surface area contributed by atoms with Gasteiger partial charge in [0.05, 0.1) is 26.0 Å². The summed E-state index contributed by atoms with van der Waals surface area (Å²) in [5.74, 6) is 1.29. The summed E-state index contributed by atoms with van der Waals surface area (Å²) in [6, 6.07) is 10.3. The molecule has 36 heavy (non-hydrogen) atoms. The second-order valence-electron chi connectivity index (χ2n) is 8.48. The molecule has 5 rings (SSSR count). The Morgan fingerprint density at radius 1 is 0.972 bits per heavy atom. The van der Waals surface area contributed by atoms with Crippen molar-refractivity contribution < 1.29 is 28.3 Å². The average molecular weight is 492 g/mol. The zero-order valence-electron chi connectivity index (χ0n) is 20.1. The number of carbonyl (C=O) groups excluding carboxylic acids is 2. The van der Waals surface area contributed by atoms with Crippen LogP contribution in [0.1, 0.15) is 19.7 Å². The Bertz CT molecular complexity index is 1300. The maximum absolute atomic E-state index is 13.3. The summed E-state index contributed by atoms with van der Waals surface area (Å²) in [6.45, 7) is 3.92. The number of benzene rings is 2. The van der Waals surface area contributed by atoms with Crippen LogP contribution in [0.5, 0.6) is 17.2 Å². The van der Waals surface area contributed by atoms with Crippen LogP contribution in [0.2, 0.25) is 0 Å². The standard InChI is InChI=1S/C24H24N6O6/c1-13(2)35-16-7-5-14(6-8-16)22-25-19(36-27-22)12-29-21-20(26-28-29)23(31)30(24(21)32)15-9-17(33-3)11-18(10-15)34-4/h5-11,13,20-21H,12H2,1-4H3/t20-,21+/m1/s1. The zero-order valence-corrected chi connectivity index (χ0v) is 20.1. The molecule has 1 fully saturated rings. The predicted molar refractivity (Wildman–Crippen MR) is 126 cm³/mol. The van der Waals surface area contributed by atoms with Crippen molar-refractivity contribution in [1.82, 2.24) is 15.1 Å². The van der Waals surface area contributed by atoms with Crippen LogP contribution < -0.4 is 19.1 Å². The molecule has 3 heterocycles. The maximum atomic E-state index is 13.3. The Hall–Kier alpha value is -4.48. The van der Waals surface area contributed by atoms with E-state index in [1.54, 1.807) is 18.2 Å². The Balaban J connectivity index is 1.33. The molecule has 186 valence electrons. The van der Waals surface area contributed by atoms with E-state index in [-0.39, 0.29) is 18.5 Å². The van der Waals surface area contributed by atoms with Crippen LogP contribution in [0.15, 0.2) is 57.3 Å². The number of aromatic nitrogens is 2.